The summed E-state index contributed by atoms with van der Waals surface area (Å²) in [6.07, 6.45) is 0.773. The predicted molar refractivity (Wildman–Crippen MR) is 77.1 cm³/mol. The van der Waals surface area contributed by atoms with Gasteiger partial charge in [0.15, 0.2) is 0 Å². The number of hydrogen-bond donors (Lipinski definition) is 1. The Morgan fingerprint density at radius 3 is 2.65 bits per heavy atom. The van der Waals surface area contributed by atoms with Crippen molar-refractivity contribution in [3.8, 4) is 11.8 Å². The van der Waals surface area contributed by atoms with Gasteiger partial charge < -0.3 is 10.2 Å². The summed E-state index contributed by atoms with van der Waals surface area (Å²) in [5.74, 6) is 4.87. The van der Waals surface area contributed by atoms with Crippen LogP contribution in [0.3, 0.4) is 0 Å². The highest BCUT2D eigenvalue weighted by Gasteiger charge is 2.26. The number of aryl methyl sites for hydroxylation is 1. The summed E-state index contributed by atoms with van der Waals surface area (Å²) in [7, 11) is 0. The van der Waals surface area contributed by atoms with Gasteiger partial charge >= 0.3 is 0 Å². The molecule has 1 atom stereocenters. The minimum Gasteiger partial charge on any atom is -0.347 e. The topological polar surface area (TPSA) is 49.4 Å². The van der Waals surface area contributed by atoms with Gasteiger partial charge in [0.1, 0.15) is 0 Å². The van der Waals surface area contributed by atoms with Crippen molar-refractivity contribution in [1.29, 1.82) is 0 Å². The molecule has 1 aliphatic rings. The lowest BCUT2D eigenvalue weighted by molar-refractivity contribution is -0.124. The third-order valence-electron chi connectivity index (χ3n) is 3.36. The lowest BCUT2D eigenvalue weighted by atomic mass is 10.1. The predicted octanol–water partition coefficient (Wildman–Crippen LogP) is 1.35. The van der Waals surface area contributed by atoms with Gasteiger partial charge in [-0.15, -0.1) is 0 Å². The van der Waals surface area contributed by atoms with E-state index in [1.165, 1.54) is 0 Å². The Kier molecular flexibility index (Phi) is 4.41. The molecule has 1 fully saturated rings. The molecule has 0 aromatic heterocycles. The van der Waals surface area contributed by atoms with Crippen LogP contribution in [0.15, 0.2) is 24.3 Å². The third kappa shape index (κ3) is 3.39. The monoisotopic (exact) mass is 270 g/mol. The minimum atomic E-state index is -0.167. The number of nitrogens with zero attached hydrogens (tertiary/aromatic N) is 1. The van der Waals surface area contributed by atoms with Crippen molar-refractivity contribution in [2.24, 2.45) is 0 Å². The summed E-state index contributed by atoms with van der Waals surface area (Å²) in [5, 5.41) is 2.96. The van der Waals surface area contributed by atoms with Gasteiger partial charge in [-0.1, -0.05) is 23.6 Å². The van der Waals surface area contributed by atoms with Crippen LogP contribution in [-0.4, -0.2) is 35.8 Å². The lowest BCUT2D eigenvalue weighted by Crippen LogP contribution is -2.38. The molecule has 1 saturated heterocycles. The van der Waals surface area contributed by atoms with E-state index < -0.39 is 0 Å². The molecule has 2 amide bonds. The Hall–Kier alpha value is -2.28. The highest BCUT2D eigenvalue weighted by atomic mass is 16.2. The van der Waals surface area contributed by atoms with E-state index >= 15 is 0 Å². The van der Waals surface area contributed by atoms with Gasteiger partial charge in [-0.3, -0.25) is 9.59 Å². The third-order valence-corrected chi connectivity index (χ3v) is 3.36. The maximum atomic E-state index is 12.1. The quantitative estimate of drug-likeness (QED) is 0.825. The van der Waals surface area contributed by atoms with Crippen molar-refractivity contribution in [3.63, 3.8) is 0 Å². The second-order valence-electron chi connectivity index (χ2n) is 4.95. The second kappa shape index (κ2) is 6.25. The van der Waals surface area contributed by atoms with Gasteiger partial charge in [0, 0.05) is 24.7 Å². The number of hydrogen-bond acceptors (Lipinski definition) is 2. The summed E-state index contributed by atoms with van der Waals surface area (Å²) < 4.78 is 0. The number of nitrogens with one attached hydrogen (secondary N) is 1. The summed E-state index contributed by atoms with van der Waals surface area (Å²) >= 11 is 0. The number of carbonyl (C=O) groups is 2. The molecule has 1 aromatic rings. The lowest BCUT2D eigenvalue weighted by Gasteiger charge is -2.14. The van der Waals surface area contributed by atoms with Crippen LogP contribution in [-0.2, 0) is 4.79 Å². The maximum absolute atomic E-state index is 12.1. The smallest absolute Gasteiger partial charge is 0.298 e. The molecule has 0 spiro atoms. The molecule has 4 heteroatoms. The average molecular weight is 270 g/mol. The Morgan fingerprint density at radius 2 is 2.00 bits per heavy atom. The molecule has 1 aliphatic heterocycles. The first kappa shape index (κ1) is 14.1. The molecule has 1 heterocycles. The van der Waals surface area contributed by atoms with Crippen LogP contribution in [0.4, 0.5) is 0 Å². The number of rotatable bonds is 2. The van der Waals surface area contributed by atoms with Gasteiger partial charge in [-0.2, -0.15) is 0 Å². The average Bonchev–Trinajstić information content (AvgIpc) is 2.88. The Labute approximate surface area is 119 Å². The fourth-order valence-corrected chi connectivity index (χ4v) is 2.22. The van der Waals surface area contributed by atoms with Crippen molar-refractivity contribution < 1.29 is 9.59 Å². The molecule has 4 nitrogen and oxygen atoms in total. The van der Waals surface area contributed by atoms with Crippen molar-refractivity contribution in [3.05, 3.63) is 35.4 Å². The van der Waals surface area contributed by atoms with Crippen LogP contribution >= 0.6 is 0 Å². The van der Waals surface area contributed by atoms with Gasteiger partial charge in [-0.05, 0) is 38.3 Å². The molecule has 0 aliphatic carbocycles. The number of likely N-dealkylation sites (tertiary alicyclic amines) is 1. The van der Waals surface area contributed by atoms with Crippen molar-refractivity contribution >= 4 is 11.8 Å². The molecule has 1 unspecified atom stereocenters. The van der Waals surface area contributed by atoms with Gasteiger partial charge in [0.05, 0.1) is 0 Å². The van der Waals surface area contributed by atoms with E-state index in [4.69, 9.17) is 0 Å². The molecular formula is C16H18N2O2. The van der Waals surface area contributed by atoms with E-state index in [0.29, 0.717) is 18.7 Å². The normalized spacial score (nSPS) is 17.3. The first-order chi connectivity index (χ1) is 9.60. The van der Waals surface area contributed by atoms with E-state index in [9.17, 15) is 9.59 Å². The molecule has 0 radical (unpaired) electrons. The fourth-order valence-electron chi connectivity index (χ4n) is 2.22. The zero-order chi connectivity index (χ0) is 14.5. The van der Waals surface area contributed by atoms with Gasteiger partial charge in [0.25, 0.3) is 11.8 Å². The zero-order valence-corrected chi connectivity index (χ0v) is 11.8. The molecular weight excluding hydrogens is 252 g/mol. The second-order valence-corrected chi connectivity index (χ2v) is 4.95. The highest BCUT2D eigenvalue weighted by Crippen LogP contribution is 2.10. The van der Waals surface area contributed by atoms with Gasteiger partial charge in [0.2, 0.25) is 0 Å². The van der Waals surface area contributed by atoms with E-state index in [0.717, 1.165) is 12.0 Å². The van der Waals surface area contributed by atoms with Crippen LogP contribution in [0.2, 0.25) is 0 Å². The zero-order valence-electron chi connectivity index (χ0n) is 11.8. The number of carbonyl (C=O) groups excluding carboxylic acids is 2. The van der Waals surface area contributed by atoms with E-state index in [1.807, 2.05) is 31.2 Å². The van der Waals surface area contributed by atoms with Crippen molar-refractivity contribution in [2.45, 2.75) is 26.3 Å². The summed E-state index contributed by atoms with van der Waals surface area (Å²) in [4.78, 5) is 25.4. The Morgan fingerprint density at radius 1 is 1.30 bits per heavy atom. The van der Waals surface area contributed by atoms with E-state index in [-0.39, 0.29) is 17.9 Å². The van der Waals surface area contributed by atoms with Crippen molar-refractivity contribution in [1.82, 2.24) is 10.2 Å². The SMILES string of the molecule is CC#CC(=O)N1CCC(NC(=O)c2ccc(C)cc2)C1. The molecule has 104 valence electrons. The van der Waals surface area contributed by atoms with Crippen LogP contribution in [0.1, 0.15) is 29.3 Å². The Balaban J connectivity index is 1.91. The van der Waals surface area contributed by atoms with Crippen molar-refractivity contribution in [2.75, 3.05) is 13.1 Å². The fraction of sp³-hybridized carbons (Fsp3) is 0.375. The van der Waals surface area contributed by atoms with E-state index in [1.54, 1.807) is 11.8 Å². The molecule has 0 bridgehead atoms. The number of amides is 2. The first-order valence-corrected chi connectivity index (χ1v) is 6.69. The highest BCUT2D eigenvalue weighted by molar-refractivity contribution is 5.95. The minimum absolute atomic E-state index is 0.00593. The molecule has 0 saturated carbocycles. The van der Waals surface area contributed by atoms with Crippen LogP contribution < -0.4 is 5.32 Å². The Bertz CT molecular complexity index is 566. The summed E-state index contributed by atoms with van der Waals surface area (Å²) in [6.45, 7) is 4.80. The first-order valence-electron chi connectivity index (χ1n) is 6.69. The molecule has 20 heavy (non-hydrogen) atoms. The van der Waals surface area contributed by atoms with E-state index in [2.05, 4.69) is 17.2 Å². The maximum Gasteiger partial charge on any atom is 0.298 e. The van der Waals surface area contributed by atoms with Gasteiger partial charge in [-0.25, -0.2) is 0 Å². The van der Waals surface area contributed by atoms with Crippen LogP contribution in [0.5, 0.6) is 0 Å². The van der Waals surface area contributed by atoms with Crippen LogP contribution in [0.25, 0.3) is 0 Å². The molecule has 1 aromatic carbocycles. The molecule has 1 N–H and O–H groups in total. The molecule has 2 rings (SSSR count). The van der Waals surface area contributed by atoms with Crippen LogP contribution in [0, 0.1) is 18.8 Å². The standard InChI is InChI=1S/C16H18N2O2/c1-3-4-15(19)18-10-9-14(11-18)17-16(20)13-7-5-12(2)6-8-13/h5-8,14H,9-11H2,1-2H3,(H,17,20). The summed E-state index contributed by atoms with van der Waals surface area (Å²) in [5.41, 5.74) is 1.77. The largest absolute Gasteiger partial charge is 0.347 e. The summed E-state index contributed by atoms with van der Waals surface area (Å²) in [6, 6.07) is 7.45. The number of benzene rings is 1.